The fourth-order valence-electron chi connectivity index (χ4n) is 3.19. The molecule has 29 heavy (non-hydrogen) atoms. The summed E-state index contributed by atoms with van der Waals surface area (Å²) in [7, 11) is -3.73. The first-order valence-electron chi connectivity index (χ1n) is 9.85. The Bertz CT molecular complexity index is 956. The van der Waals surface area contributed by atoms with Crippen molar-refractivity contribution in [2.24, 2.45) is 0 Å². The van der Waals surface area contributed by atoms with Gasteiger partial charge in [-0.05, 0) is 37.5 Å². The van der Waals surface area contributed by atoms with Crippen molar-refractivity contribution in [2.45, 2.75) is 56.8 Å². The lowest BCUT2D eigenvalue weighted by Crippen LogP contribution is -2.35. The lowest BCUT2D eigenvalue weighted by atomic mass is 10.2. The average Bonchev–Trinajstić information content (AvgIpc) is 3.16. The van der Waals surface area contributed by atoms with Gasteiger partial charge in [-0.3, -0.25) is 10.1 Å². The molecule has 0 saturated carbocycles. The summed E-state index contributed by atoms with van der Waals surface area (Å²) in [6.45, 7) is 3.08. The molecule has 1 aliphatic heterocycles. The quantitative estimate of drug-likeness (QED) is 0.596. The fraction of sp³-hybridized carbons (Fsp3) is 0.526. The SMILES string of the molecule is CCCCCc1nnc(NC(=O)c2ccc(Cl)c(S(=O)(=O)N3CCCCC3)c2)s1. The van der Waals surface area contributed by atoms with E-state index in [4.69, 9.17) is 11.6 Å². The van der Waals surface area contributed by atoms with Gasteiger partial charge < -0.3 is 0 Å². The number of carbonyl (C=O) groups is 1. The molecule has 1 amide bonds. The van der Waals surface area contributed by atoms with Crippen molar-refractivity contribution in [1.29, 1.82) is 0 Å². The van der Waals surface area contributed by atoms with Crippen molar-refractivity contribution in [3.8, 4) is 0 Å². The van der Waals surface area contributed by atoms with E-state index in [1.54, 1.807) is 0 Å². The van der Waals surface area contributed by atoms with Crippen molar-refractivity contribution in [2.75, 3.05) is 18.4 Å². The second-order valence-electron chi connectivity index (χ2n) is 7.02. The molecule has 1 N–H and O–H groups in total. The zero-order valence-corrected chi connectivity index (χ0v) is 18.7. The van der Waals surface area contributed by atoms with E-state index in [0.29, 0.717) is 18.2 Å². The van der Waals surface area contributed by atoms with Crippen LogP contribution in [0.25, 0.3) is 0 Å². The Morgan fingerprint density at radius 1 is 1.21 bits per heavy atom. The molecule has 2 heterocycles. The lowest BCUT2D eigenvalue weighted by molar-refractivity contribution is 0.102. The minimum atomic E-state index is -3.73. The smallest absolute Gasteiger partial charge is 0.257 e. The Balaban J connectivity index is 1.74. The van der Waals surface area contributed by atoms with Gasteiger partial charge in [-0.15, -0.1) is 10.2 Å². The lowest BCUT2D eigenvalue weighted by Gasteiger charge is -2.26. The fourth-order valence-corrected chi connectivity index (χ4v) is 5.98. The van der Waals surface area contributed by atoms with Gasteiger partial charge in [0.2, 0.25) is 15.2 Å². The Morgan fingerprint density at radius 2 is 1.97 bits per heavy atom. The van der Waals surface area contributed by atoms with Crippen LogP contribution in [-0.4, -0.2) is 41.9 Å². The van der Waals surface area contributed by atoms with Gasteiger partial charge in [-0.1, -0.05) is 49.1 Å². The van der Waals surface area contributed by atoms with Gasteiger partial charge >= 0.3 is 0 Å². The number of halogens is 1. The zero-order valence-electron chi connectivity index (χ0n) is 16.4. The molecule has 1 fully saturated rings. The van der Waals surface area contributed by atoms with Gasteiger partial charge in [-0.25, -0.2) is 8.42 Å². The van der Waals surface area contributed by atoms with Crippen LogP contribution in [0, 0.1) is 0 Å². The molecular weight excluding hydrogens is 432 g/mol. The number of anilines is 1. The van der Waals surface area contributed by atoms with Gasteiger partial charge in [0.25, 0.3) is 5.91 Å². The molecule has 0 bridgehead atoms. The summed E-state index contributed by atoms with van der Waals surface area (Å²) >= 11 is 7.51. The van der Waals surface area contributed by atoms with E-state index >= 15 is 0 Å². The van der Waals surface area contributed by atoms with E-state index in [2.05, 4.69) is 22.4 Å². The Labute approximate surface area is 180 Å². The first-order chi connectivity index (χ1) is 13.9. The van der Waals surface area contributed by atoms with Gasteiger partial charge in [0.1, 0.15) is 9.90 Å². The highest BCUT2D eigenvalue weighted by atomic mass is 35.5. The number of benzene rings is 1. The van der Waals surface area contributed by atoms with Crippen LogP contribution in [0.1, 0.15) is 60.8 Å². The molecule has 0 atom stereocenters. The number of aryl methyl sites for hydroxylation is 1. The molecule has 10 heteroatoms. The molecule has 1 aromatic carbocycles. The minimum absolute atomic E-state index is 0.0359. The highest BCUT2D eigenvalue weighted by molar-refractivity contribution is 7.89. The number of amides is 1. The Hall–Kier alpha value is -1.55. The summed E-state index contributed by atoms with van der Waals surface area (Å²) in [4.78, 5) is 12.6. The second-order valence-corrected chi connectivity index (χ2v) is 10.4. The maximum atomic E-state index is 13.0. The Kier molecular flexibility index (Phi) is 7.61. The average molecular weight is 457 g/mol. The third kappa shape index (κ3) is 5.53. The predicted molar refractivity (Wildman–Crippen MR) is 115 cm³/mol. The Morgan fingerprint density at radius 3 is 2.69 bits per heavy atom. The number of rotatable bonds is 8. The van der Waals surface area contributed by atoms with Crippen LogP contribution in [0.5, 0.6) is 0 Å². The first-order valence-corrected chi connectivity index (χ1v) is 12.5. The van der Waals surface area contributed by atoms with Crippen LogP contribution < -0.4 is 5.32 Å². The maximum absolute atomic E-state index is 13.0. The number of carbonyl (C=O) groups excluding carboxylic acids is 1. The summed E-state index contributed by atoms with van der Waals surface area (Å²) in [5, 5.41) is 12.2. The standard InChI is InChI=1S/C19H25ClN4O3S2/c1-2-3-5-8-17-22-23-19(28-17)21-18(25)14-9-10-15(20)16(13-14)29(26,27)24-11-6-4-7-12-24/h9-10,13H,2-8,11-12H2,1H3,(H,21,23,25). The van der Waals surface area contributed by atoms with Gasteiger partial charge in [0.15, 0.2) is 0 Å². The topological polar surface area (TPSA) is 92.3 Å². The molecule has 158 valence electrons. The monoisotopic (exact) mass is 456 g/mol. The van der Waals surface area contributed by atoms with E-state index in [0.717, 1.165) is 50.0 Å². The van der Waals surface area contributed by atoms with Crippen LogP contribution in [0.2, 0.25) is 5.02 Å². The number of nitrogens with one attached hydrogen (secondary N) is 1. The van der Waals surface area contributed by atoms with Crippen LogP contribution in [-0.2, 0) is 16.4 Å². The molecule has 0 unspecified atom stereocenters. The maximum Gasteiger partial charge on any atom is 0.257 e. The first kappa shape index (κ1) is 22.1. The summed E-state index contributed by atoms with van der Waals surface area (Å²) < 4.78 is 27.4. The highest BCUT2D eigenvalue weighted by Gasteiger charge is 2.28. The number of hydrogen-bond donors (Lipinski definition) is 1. The summed E-state index contributed by atoms with van der Waals surface area (Å²) in [5.74, 6) is -0.437. The van der Waals surface area contributed by atoms with Crippen LogP contribution in [0.3, 0.4) is 0 Å². The molecule has 7 nitrogen and oxygen atoms in total. The normalized spacial score (nSPS) is 15.4. The number of hydrogen-bond acceptors (Lipinski definition) is 6. The third-order valence-corrected chi connectivity index (χ3v) is 8.09. The molecule has 1 saturated heterocycles. The van der Waals surface area contributed by atoms with Crippen LogP contribution in [0.4, 0.5) is 5.13 Å². The van der Waals surface area contributed by atoms with Crippen LogP contribution in [0.15, 0.2) is 23.1 Å². The van der Waals surface area contributed by atoms with Crippen molar-refractivity contribution in [3.63, 3.8) is 0 Å². The largest absolute Gasteiger partial charge is 0.296 e. The van der Waals surface area contributed by atoms with E-state index in [-0.39, 0.29) is 15.5 Å². The molecule has 2 aromatic rings. The molecule has 1 aromatic heterocycles. The van der Waals surface area contributed by atoms with Crippen molar-refractivity contribution in [3.05, 3.63) is 33.8 Å². The van der Waals surface area contributed by atoms with Crippen LogP contribution >= 0.6 is 22.9 Å². The van der Waals surface area contributed by atoms with E-state index in [9.17, 15) is 13.2 Å². The van der Waals surface area contributed by atoms with Crippen molar-refractivity contribution >= 4 is 44.0 Å². The van der Waals surface area contributed by atoms with Gasteiger partial charge in [-0.2, -0.15) is 4.31 Å². The molecule has 3 rings (SSSR count). The summed E-state index contributed by atoms with van der Waals surface area (Å²) in [6, 6.07) is 4.30. The third-order valence-electron chi connectivity index (χ3n) is 4.81. The zero-order chi connectivity index (χ0) is 20.9. The molecule has 0 aliphatic carbocycles. The second kappa shape index (κ2) is 9.97. The molecule has 1 aliphatic rings. The summed E-state index contributed by atoms with van der Waals surface area (Å²) in [5.41, 5.74) is 0.215. The number of piperidine rings is 1. The number of unbranched alkanes of at least 4 members (excludes halogenated alkanes) is 2. The molecular formula is C19H25ClN4O3S2. The molecule has 0 radical (unpaired) electrons. The molecule has 0 spiro atoms. The van der Waals surface area contributed by atoms with Crippen molar-refractivity contribution < 1.29 is 13.2 Å². The van der Waals surface area contributed by atoms with Gasteiger partial charge in [0, 0.05) is 25.1 Å². The van der Waals surface area contributed by atoms with E-state index < -0.39 is 15.9 Å². The van der Waals surface area contributed by atoms with E-state index in [1.807, 2.05) is 0 Å². The number of nitrogens with zero attached hydrogens (tertiary/aromatic N) is 3. The summed E-state index contributed by atoms with van der Waals surface area (Å²) in [6.07, 6.45) is 6.80. The van der Waals surface area contributed by atoms with E-state index in [1.165, 1.54) is 33.8 Å². The van der Waals surface area contributed by atoms with Gasteiger partial charge in [0.05, 0.1) is 5.02 Å². The number of aromatic nitrogens is 2. The van der Waals surface area contributed by atoms with Crippen molar-refractivity contribution in [1.82, 2.24) is 14.5 Å². The highest BCUT2D eigenvalue weighted by Crippen LogP contribution is 2.28. The minimum Gasteiger partial charge on any atom is -0.296 e. The number of sulfonamides is 1. The predicted octanol–water partition coefficient (Wildman–Crippen LogP) is 4.35.